The van der Waals surface area contributed by atoms with Crippen molar-refractivity contribution in [3.63, 3.8) is 0 Å². The molecule has 10 heteroatoms. The van der Waals surface area contributed by atoms with E-state index in [4.69, 9.17) is 14.5 Å². The quantitative estimate of drug-likeness (QED) is 0.381. The number of thioether (sulfide) groups is 1. The summed E-state index contributed by atoms with van der Waals surface area (Å²) in [5, 5.41) is 5.84. The molecule has 5 rings (SSSR count). The van der Waals surface area contributed by atoms with Crippen molar-refractivity contribution in [2.75, 3.05) is 52.5 Å². The molecule has 3 aliphatic heterocycles. The maximum Gasteiger partial charge on any atom is 0.254 e. The van der Waals surface area contributed by atoms with Gasteiger partial charge in [0.25, 0.3) is 5.91 Å². The highest BCUT2D eigenvalue weighted by Gasteiger charge is 2.41. The zero-order chi connectivity index (χ0) is 30.2. The van der Waals surface area contributed by atoms with Crippen LogP contribution in [0.2, 0.25) is 0 Å². The van der Waals surface area contributed by atoms with Crippen molar-refractivity contribution in [3.05, 3.63) is 88.1 Å². The fourth-order valence-corrected chi connectivity index (χ4v) is 6.52. The van der Waals surface area contributed by atoms with Gasteiger partial charge in [-0.2, -0.15) is 0 Å². The van der Waals surface area contributed by atoms with Gasteiger partial charge in [0.2, 0.25) is 5.91 Å². The standard InChI is InChI=1S/C33H41N5O4S/c1-4-37(5-2)32(40)30-24(3)35-33-38(27(23-43-33)21-29(39)34-14-15-36-16-18-41-19-17-36)31(30)26-12-9-13-28(20-26)42-22-25-10-7-6-8-11-25/h6-13,20,23,31H,4-5,14-19,21-22H2,1-3H3,(H,34,39)/t31-/m1/s1. The van der Waals surface area contributed by atoms with Crippen LogP contribution in [0.1, 0.15) is 44.4 Å². The Balaban J connectivity index is 1.39. The van der Waals surface area contributed by atoms with E-state index >= 15 is 0 Å². The predicted octanol–water partition coefficient (Wildman–Crippen LogP) is 4.55. The zero-order valence-corrected chi connectivity index (χ0v) is 26.1. The molecule has 9 nitrogen and oxygen atoms in total. The zero-order valence-electron chi connectivity index (χ0n) is 25.3. The molecule has 2 aromatic carbocycles. The number of benzene rings is 2. The third-order valence-corrected chi connectivity index (χ3v) is 8.79. The molecule has 0 saturated carbocycles. The van der Waals surface area contributed by atoms with Gasteiger partial charge in [-0.15, -0.1) is 0 Å². The van der Waals surface area contributed by atoms with Crippen LogP contribution in [0.3, 0.4) is 0 Å². The Bertz CT molecular complexity index is 1380. The molecule has 228 valence electrons. The summed E-state index contributed by atoms with van der Waals surface area (Å²) in [6.07, 6.45) is 0.196. The van der Waals surface area contributed by atoms with Crippen molar-refractivity contribution in [1.82, 2.24) is 20.0 Å². The highest BCUT2D eigenvalue weighted by Crippen LogP contribution is 2.45. The van der Waals surface area contributed by atoms with E-state index in [0.29, 0.717) is 37.5 Å². The van der Waals surface area contributed by atoms with Gasteiger partial charge in [-0.3, -0.25) is 14.5 Å². The van der Waals surface area contributed by atoms with Gasteiger partial charge in [0.05, 0.1) is 36.9 Å². The minimum absolute atomic E-state index is 0.0443. The number of aliphatic imine (C=N–C) groups is 1. The Morgan fingerprint density at radius 2 is 1.86 bits per heavy atom. The third kappa shape index (κ3) is 7.49. The second-order valence-electron chi connectivity index (χ2n) is 10.7. The van der Waals surface area contributed by atoms with E-state index in [1.165, 1.54) is 11.8 Å². The number of nitrogens with one attached hydrogen (secondary N) is 1. The van der Waals surface area contributed by atoms with Crippen molar-refractivity contribution in [2.24, 2.45) is 4.99 Å². The number of morpholine rings is 1. The second kappa shape index (κ2) is 14.7. The molecule has 1 fully saturated rings. The molecule has 0 aliphatic carbocycles. The molecule has 2 amide bonds. The summed E-state index contributed by atoms with van der Waals surface area (Å²) in [5.41, 5.74) is 4.13. The Morgan fingerprint density at radius 3 is 2.60 bits per heavy atom. The maximum absolute atomic E-state index is 14.0. The lowest BCUT2D eigenvalue weighted by molar-refractivity contribution is -0.127. The van der Waals surface area contributed by atoms with Crippen molar-refractivity contribution >= 4 is 28.7 Å². The summed E-state index contributed by atoms with van der Waals surface area (Å²) >= 11 is 1.49. The smallest absolute Gasteiger partial charge is 0.254 e. The summed E-state index contributed by atoms with van der Waals surface area (Å²) in [6, 6.07) is 17.5. The number of amides is 2. The summed E-state index contributed by atoms with van der Waals surface area (Å²) in [5.74, 6) is 0.621. The number of nitrogens with zero attached hydrogens (tertiary/aromatic N) is 4. The maximum atomic E-state index is 14.0. The number of hydrogen-bond acceptors (Lipinski definition) is 8. The molecule has 0 bridgehead atoms. The number of rotatable bonds is 12. The lowest BCUT2D eigenvalue weighted by atomic mass is 9.92. The average molecular weight is 604 g/mol. The van der Waals surface area contributed by atoms with Crippen molar-refractivity contribution in [1.29, 1.82) is 0 Å². The largest absolute Gasteiger partial charge is 0.489 e. The molecule has 43 heavy (non-hydrogen) atoms. The fraction of sp³-hybridized carbons (Fsp3) is 0.424. The molecule has 2 aromatic rings. The molecular formula is C33H41N5O4S. The Labute approximate surface area is 258 Å². The summed E-state index contributed by atoms with van der Waals surface area (Å²) in [4.78, 5) is 38.2. The number of amidine groups is 1. The Morgan fingerprint density at radius 1 is 1.09 bits per heavy atom. The molecule has 0 spiro atoms. The van der Waals surface area contributed by atoms with Gasteiger partial charge in [-0.05, 0) is 49.4 Å². The van der Waals surface area contributed by atoms with Gasteiger partial charge in [0.15, 0.2) is 5.17 Å². The van der Waals surface area contributed by atoms with Gasteiger partial charge < -0.3 is 24.6 Å². The van der Waals surface area contributed by atoms with Crippen LogP contribution >= 0.6 is 11.8 Å². The monoisotopic (exact) mass is 603 g/mol. The highest BCUT2D eigenvalue weighted by molar-refractivity contribution is 8.16. The first-order valence-corrected chi connectivity index (χ1v) is 15.9. The number of allylic oxidation sites excluding steroid dienone is 1. The first kappa shape index (κ1) is 30.8. The first-order chi connectivity index (χ1) is 21.0. The van der Waals surface area contributed by atoms with Crippen molar-refractivity contribution < 1.29 is 19.1 Å². The molecule has 1 N–H and O–H groups in total. The number of likely N-dealkylation sites (N-methyl/N-ethyl adjacent to an activating group) is 1. The third-order valence-electron chi connectivity index (χ3n) is 7.90. The number of hydrogen-bond donors (Lipinski definition) is 1. The van der Waals surface area contributed by atoms with Gasteiger partial charge >= 0.3 is 0 Å². The van der Waals surface area contributed by atoms with E-state index in [1.54, 1.807) is 0 Å². The van der Waals surface area contributed by atoms with Crippen LogP contribution in [0.15, 0.2) is 82.0 Å². The lowest BCUT2D eigenvalue weighted by Gasteiger charge is -2.38. The van der Waals surface area contributed by atoms with Crippen LogP contribution in [-0.4, -0.2) is 84.2 Å². The normalized spacial score (nSPS) is 18.6. The molecule has 1 saturated heterocycles. The minimum atomic E-state index is -0.441. The van der Waals surface area contributed by atoms with E-state index in [2.05, 4.69) is 15.1 Å². The van der Waals surface area contributed by atoms with E-state index < -0.39 is 6.04 Å². The van der Waals surface area contributed by atoms with Gasteiger partial charge in [-0.25, -0.2) is 4.99 Å². The molecule has 1 atom stereocenters. The number of carbonyl (C=O) groups excluding carboxylic acids is 2. The number of fused-ring (bicyclic) bond motifs is 1. The van der Waals surface area contributed by atoms with Gasteiger partial charge in [0.1, 0.15) is 12.4 Å². The minimum Gasteiger partial charge on any atom is -0.489 e. The van der Waals surface area contributed by atoms with Crippen LogP contribution in [0.5, 0.6) is 5.75 Å². The van der Waals surface area contributed by atoms with Crippen LogP contribution in [0, 0.1) is 0 Å². The van der Waals surface area contributed by atoms with Crippen LogP contribution in [0.4, 0.5) is 0 Å². The Kier molecular flexibility index (Phi) is 10.6. The summed E-state index contributed by atoms with van der Waals surface area (Å²) in [7, 11) is 0. The lowest BCUT2D eigenvalue weighted by Crippen LogP contribution is -2.43. The molecule has 0 unspecified atom stereocenters. The number of carbonyl (C=O) groups is 2. The SMILES string of the molecule is CCN(CC)C(=O)C1=C(C)N=C2SC=C(CC(=O)NCCN3CCOCC3)N2[C@@H]1c1cccc(OCc2ccccc2)c1. The Hall–Kier alpha value is -3.60. The van der Waals surface area contributed by atoms with Crippen LogP contribution < -0.4 is 10.1 Å². The van der Waals surface area contributed by atoms with Gasteiger partial charge in [0, 0.05) is 45.0 Å². The topological polar surface area (TPSA) is 86.7 Å². The fourth-order valence-electron chi connectivity index (χ4n) is 5.56. The first-order valence-electron chi connectivity index (χ1n) is 15.1. The van der Waals surface area contributed by atoms with Crippen molar-refractivity contribution in [3.8, 4) is 5.75 Å². The molecule has 0 aromatic heterocycles. The number of ether oxygens (including phenoxy) is 2. The molecule has 0 radical (unpaired) electrons. The van der Waals surface area contributed by atoms with Crippen molar-refractivity contribution in [2.45, 2.75) is 39.8 Å². The molecule has 3 aliphatic rings. The van der Waals surface area contributed by atoms with Crippen LogP contribution in [-0.2, 0) is 20.9 Å². The van der Waals surface area contributed by atoms with E-state index in [9.17, 15) is 9.59 Å². The molecule has 3 heterocycles. The van der Waals surface area contributed by atoms with E-state index in [1.807, 2.05) is 85.7 Å². The van der Waals surface area contributed by atoms with E-state index in [0.717, 1.165) is 60.6 Å². The summed E-state index contributed by atoms with van der Waals surface area (Å²) in [6.45, 7) is 12.1. The second-order valence-corrected chi connectivity index (χ2v) is 11.5. The van der Waals surface area contributed by atoms with Gasteiger partial charge in [-0.1, -0.05) is 54.2 Å². The summed E-state index contributed by atoms with van der Waals surface area (Å²) < 4.78 is 11.6. The average Bonchev–Trinajstić information content (AvgIpc) is 3.42. The molecular weight excluding hydrogens is 562 g/mol. The highest BCUT2D eigenvalue weighted by atomic mass is 32.2. The van der Waals surface area contributed by atoms with E-state index in [-0.39, 0.29) is 18.2 Å². The van der Waals surface area contributed by atoms with Crippen LogP contribution in [0.25, 0.3) is 0 Å². The predicted molar refractivity (Wildman–Crippen MR) is 170 cm³/mol.